The number of benzene rings is 1. The van der Waals surface area contributed by atoms with Crippen LogP contribution in [0.3, 0.4) is 0 Å². The van der Waals surface area contributed by atoms with E-state index in [9.17, 15) is 9.59 Å². The highest BCUT2D eigenvalue weighted by Gasteiger charge is 2.15. The normalized spacial score (nSPS) is 11.6. The number of carbonyl (C=O) groups is 2. The van der Waals surface area contributed by atoms with Crippen molar-refractivity contribution in [3.05, 3.63) is 35.4 Å². The zero-order valence-electron chi connectivity index (χ0n) is 18.2. The molecule has 1 rings (SSSR count). The van der Waals surface area contributed by atoms with Crippen LogP contribution in [0.15, 0.2) is 29.3 Å². The molecule has 0 unspecified atom stereocenters. The van der Waals surface area contributed by atoms with Gasteiger partial charge in [-0.1, -0.05) is 12.1 Å². The van der Waals surface area contributed by atoms with Crippen LogP contribution in [0, 0.1) is 0 Å². The molecule has 0 spiro atoms. The van der Waals surface area contributed by atoms with Gasteiger partial charge in [-0.3, -0.25) is 4.79 Å². The topological polar surface area (TPSA) is 104 Å². The van der Waals surface area contributed by atoms with Gasteiger partial charge in [0.1, 0.15) is 5.60 Å². The Bertz CT molecular complexity index is 683. The average molecular weight is 406 g/mol. The van der Waals surface area contributed by atoms with Crippen molar-refractivity contribution in [2.75, 3.05) is 26.2 Å². The molecule has 0 aliphatic heterocycles. The molecule has 0 atom stereocenters. The summed E-state index contributed by atoms with van der Waals surface area (Å²) in [5, 5.41) is 12.0. The van der Waals surface area contributed by atoms with Crippen molar-refractivity contribution in [2.24, 2.45) is 4.99 Å². The van der Waals surface area contributed by atoms with Gasteiger partial charge in [0.15, 0.2) is 5.96 Å². The fraction of sp³-hybridized carbons (Fsp3) is 0.571. The highest BCUT2D eigenvalue weighted by atomic mass is 16.6. The molecule has 0 saturated carbocycles. The molecule has 29 heavy (non-hydrogen) atoms. The first kappa shape index (κ1) is 24.3. The second kappa shape index (κ2) is 12.6. The number of nitrogens with one attached hydrogen (secondary N) is 4. The zero-order chi connectivity index (χ0) is 21.7. The second-order valence-electron chi connectivity index (χ2n) is 7.46. The van der Waals surface area contributed by atoms with E-state index in [0.717, 1.165) is 18.5 Å². The lowest BCUT2D eigenvalue weighted by molar-refractivity contribution is 0.0527. The molecule has 0 aliphatic carbocycles. The van der Waals surface area contributed by atoms with Gasteiger partial charge in [-0.15, -0.1) is 0 Å². The van der Waals surface area contributed by atoms with Crippen LogP contribution in [0.5, 0.6) is 0 Å². The summed E-state index contributed by atoms with van der Waals surface area (Å²) >= 11 is 0. The number of aliphatic imine (C=N–C) groups is 1. The summed E-state index contributed by atoms with van der Waals surface area (Å²) in [6.07, 6.45) is 0.320. The molecule has 0 heterocycles. The van der Waals surface area contributed by atoms with E-state index in [4.69, 9.17) is 4.74 Å². The monoisotopic (exact) mass is 405 g/mol. The van der Waals surface area contributed by atoms with Gasteiger partial charge in [0.05, 0.1) is 6.54 Å². The maximum atomic E-state index is 12.0. The maximum Gasteiger partial charge on any atom is 0.407 e. The molecule has 0 saturated heterocycles. The molecule has 0 fully saturated rings. The van der Waals surface area contributed by atoms with Crippen molar-refractivity contribution in [3.8, 4) is 0 Å². The average Bonchev–Trinajstić information content (AvgIpc) is 2.64. The summed E-state index contributed by atoms with van der Waals surface area (Å²) < 4.78 is 5.20. The summed E-state index contributed by atoms with van der Waals surface area (Å²) in [6, 6.07) is 7.45. The Labute approximate surface area is 173 Å². The Morgan fingerprint density at radius 2 is 1.69 bits per heavy atom. The van der Waals surface area contributed by atoms with Crippen LogP contribution in [0.2, 0.25) is 0 Å². The predicted molar refractivity (Wildman–Crippen MR) is 116 cm³/mol. The molecule has 0 aromatic heterocycles. The van der Waals surface area contributed by atoms with E-state index < -0.39 is 11.7 Å². The van der Waals surface area contributed by atoms with E-state index >= 15 is 0 Å². The number of carbonyl (C=O) groups excluding carboxylic acids is 2. The molecule has 8 heteroatoms. The summed E-state index contributed by atoms with van der Waals surface area (Å²) in [6.45, 7) is 12.3. The minimum Gasteiger partial charge on any atom is -0.444 e. The van der Waals surface area contributed by atoms with Crippen LogP contribution < -0.4 is 21.3 Å². The van der Waals surface area contributed by atoms with Crippen molar-refractivity contribution in [3.63, 3.8) is 0 Å². The van der Waals surface area contributed by atoms with Gasteiger partial charge in [-0.25, -0.2) is 9.79 Å². The minimum absolute atomic E-state index is 0.0825. The van der Waals surface area contributed by atoms with Crippen LogP contribution in [0.25, 0.3) is 0 Å². The van der Waals surface area contributed by atoms with Crippen LogP contribution >= 0.6 is 0 Å². The molecule has 2 amide bonds. The molecule has 8 nitrogen and oxygen atoms in total. The largest absolute Gasteiger partial charge is 0.444 e. The van der Waals surface area contributed by atoms with Gasteiger partial charge in [-0.2, -0.15) is 0 Å². The highest BCUT2D eigenvalue weighted by Crippen LogP contribution is 2.07. The van der Waals surface area contributed by atoms with Gasteiger partial charge in [0, 0.05) is 31.7 Å². The van der Waals surface area contributed by atoms with Crippen molar-refractivity contribution < 1.29 is 14.3 Å². The predicted octanol–water partition coefficient (Wildman–Crippen LogP) is 2.41. The van der Waals surface area contributed by atoms with E-state index in [0.29, 0.717) is 37.7 Å². The van der Waals surface area contributed by atoms with Crippen LogP contribution in [0.1, 0.15) is 57.0 Å². The Kier molecular flexibility index (Phi) is 10.6. The first-order valence-corrected chi connectivity index (χ1v) is 10.1. The van der Waals surface area contributed by atoms with Crippen LogP contribution in [0.4, 0.5) is 4.79 Å². The molecule has 1 aromatic carbocycles. The highest BCUT2D eigenvalue weighted by molar-refractivity contribution is 5.94. The zero-order valence-corrected chi connectivity index (χ0v) is 18.2. The van der Waals surface area contributed by atoms with Crippen molar-refractivity contribution in [2.45, 2.75) is 53.2 Å². The van der Waals surface area contributed by atoms with Gasteiger partial charge in [0.2, 0.25) is 0 Å². The number of amides is 2. The molecule has 0 bridgehead atoms. The van der Waals surface area contributed by atoms with Crippen LogP contribution in [-0.2, 0) is 11.3 Å². The Balaban J connectivity index is 2.48. The van der Waals surface area contributed by atoms with E-state index in [-0.39, 0.29) is 5.91 Å². The molecule has 162 valence electrons. The molecular formula is C21H35N5O3. The van der Waals surface area contributed by atoms with Crippen LogP contribution in [-0.4, -0.2) is 49.7 Å². The van der Waals surface area contributed by atoms with Crippen molar-refractivity contribution in [1.82, 2.24) is 21.3 Å². The third-order valence-corrected chi connectivity index (χ3v) is 3.60. The first-order chi connectivity index (χ1) is 13.7. The van der Waals surface area contributed by atoms with Gasteiger partial charge in [-0.05, 0) is 58.7 Å². The number of nitrogens with zero attached hydrogens (tertiary/aromatic N) is 1. The number of rotatable bonds is 9. The molecular weight excluding hydrogens is 370 g/mol. The minimum atomic E-state index is -0.498. The van der Waals surface area contributed by atoms with E-state index in [1.165, 1.54) is 0 Å². The van der Waals surface area contributed by atoms with Gasteiger partial charge >= 0.3 is 6.09 Å². The lowest BCUT2D eigenvalue weighted by Gasteiger charge is -2.19. The first-order valence-electron chi connectivity index (χ1n) is 10.1. The number of hydrogen-bond donors (Lipinski definition) is 4. The SMILES string of the molecule is CCNC(=O)c1cccc(CN=C(NCC)NCCCNC(=O)OC(C)(C)C)c1. The molecule has 0 radical (unpaired) electrons. The number of guanidine groups is 1. The van der Waals surface area contributed by atoms with E-state index in [1.807, 2.05) is 52.8 Å². The number of alkyl carbamates (subject to hydrolysis) is 1. The number of hydrogen-bond acceptors (Lipinski definition) is 4. The third-order valence-electron chi connectivity index (χ3n) is 3.60. The lowest BCUT2D eigenvalue weighted by Crippen LogP contribution is -2.39. The summed E-state index contributed by atoms with van der Waals surface area (Å²) in [7, 11) is 0. The lowest BCUT2D eigenvalue weighted by atomic mass is 10.1. The van der Waals surface area contributed by atoms with E-state index in [2.05, 4.69) is 26.3 Å². The fourth-order valence-corrected chi connectivity index (χ4v) is 2.39. The molecule has 4 N–H and O–H groups in total. The van der Waals surface area contributed by atoms with E-state index in [1.54, 1.807) is 6.07 Å². The smallest absolute Gasteiger partial charge is 0.407 e. The molecule has 0 aliphatic rings. The van der Waals surface area contributed by atoms with Crippen molar-refractivity contribution >= 4 is 18.0 Å². The molecule has 1 aromatic rings. The second-order valence-corrected chi connectivity index (χ2v) is 7.46. The summed E-state index contributed by atoms with van der Waals surface area (Å²) in [4.78, 5) is 28.1. The van der Waals surface area contributed by atoms with Crippen molar-refractivity contribution in [1.29, 1.82) is 0 Å². The quantitative estimate of drug-likeness (QED) is 0.287. The Morgan fingerprint density at radius 1 is 1.00 bits per heavy atom. The van der Waals surface area contributed by atoms with Gasteiger partial charge < -0.3 is 26.0 Å². The van der Waals surface area contributed by atoms with Gasteiger partial charge in [0.25, 0.3) is 5.91 Å². The summed E-state index contributed by atoms with van der Waals surface area (Å²) in [5.41, 5.74) is 1.09. The fourth-order valence-electron chi connectivity index (χ4n) is 2.39. The third kappa shape index (κ3) is 11.0. The number of ether oxygens (including phenoxy) is 1. The maximum absolute atomic E-state index is 12.0. The Morgan fingerprint density at radius 3 is 2.34 bits per heavy atom. The summed E-state index contributed by atoms with van der Waals surface area (Å²) in [5.74, 6) is 0.606. The Hall–Kier alpha value is -2.77. The standard InChI is InChI=1S/C21H35N5O3/c1-6-22-18(27)17-11-8-10-16(14-17)15-26-19(23-7-2)24-12-9-13-25-20(28)29-21(3,4)5/h8,10-11,14H,6-7,9,12-13,15H2,1-5H3,(H,22,27)(H,25,28)(H2,23,24,26).